The quantitative estimate of drug-likeness (QED) is 0.296. The van der Waals surface area contributed by atoms with Crippen LogP contribution in [0.1, 0.15) is 35.6 Å². The summed E-state index contributed by atoms with van der Waals surface area (Å²) in [5.41, 5.74) is 3.92. The number of fused-ring (bicyclic) bond motifs is 3. The fraction of sp³-hybridized carbons (Fsp3) is 0.292. The summed E-state index contributed by atoms with van der Waals surface area (Å²) in [5, 5.41) is 12.2. The van der Waals surface area contributed by atoms with Crippen molar-refractivity contribution in [2.45, 2.75) is 50.7 Å². The highest BCUT2D eigenvalue weighted by atomic mass is 35.5. The van der Waals surface area contributed by atoms with Gasteiger partial charge in [-0.15, -0.1) is 10.2 Å². The monoisotopic (exact) mass is 506 g/mol. The number of rotatable bonds is 5. The van der Waals surface area contributed by atoms with E-state index in [0.29, 0.717) is 17.2 Å². The van der Waals surface area contributed by atoms with Crippen molar-refractivity contribution in [1.82, 2.24) is 14.6 Å². The molecule has 0 aliphatic rings. The van der Waals surface area contributed by atoms with Gasteiger partial charge in [-0.2, -0.15) is 13.2 Å². The molecule has 0 fully saturated rings. The number of anilines is 1. The third-order valence-electron chi connectivity index (χ3n) is 5.56. The van der Waals surface area contributed by atoms with Crippen molar-refractivity contribution in [3.05, 3.63) is 63.7 Å². The van der Waals surface area contributed by atoms with Gasteiger partial charge in [0.25, 0.3) is 0 Å². The minimum absolute atomic E-state index is 0.0293. The molecule has 5 nitrogen and oxygen atoms in total. The summed E-state index contributed by atoms with van der Waals surface area (Å²) in [6.45, 7) is 7.89. The number of alkyl halides is 3. The molecule has 0 spiro atoms. The fourth-order valence-corrected chi connectivity index (χ4v) is 5.08. The number of aryl methyl sites for hydroxylation is 3. The van der Waals surface area contributed by atoms with Gasteiger partial charge < -0.3 is 5.32 Å². The molecule has 0 aliphatic carbocycles. The fourth-order valence-electron chi connectivity index (χ4n) is 3.95. The summed E-state index contributed by atoms with van der Waals surface area (Å²) < 4.78 is 41.2. The second kappa shape index (κ2) is 9.11. The van der Waals surface area contributed by atoms with Crippen molar-refractivity contribution >= 4 is 51.5 Å². The molecule has 4 aromatic rings. The maximum absolute atomic E-state index is 13.1. The number of thioether (sulfide) groups is 1. The minimum Gasteiger partial charge on any atom is -0.324 e. The van der Waals surface area contributed by atoms with Crippen LogP contribution >= 0.6 is 23.4 Å². The molecule has 0 radical (unpaired) electrons. The number of hydrogen-bond acceptors (Lipinski definition) is 4. The summed E-state index contributed by atoms with van der Waals surface area (Å²) in [7, 11) is 0. The SMILES string of the molecule is CCC(Sc1nnc2cc(C)c3cc(C)cc(C)c3n12)C(=O)Nc1cc(C(F)(F)F)ccc1Cl. The molecule has 2 aromatic carbocycles. The maximum atomic E-state index is 13.1. The molecule has 178 valence electrons. The number of nitrogens with one attached hydrogen (secondary N) is 1. The number of pyridine rings is 1. The third kappa shape index (κ3) is 4.59. The molecule has 1 amide bonds. The first-order chi connectivity index (χ1) is 16.0. The highest BCUT2D eigenvalue weighted by Crippen LogP contribution is 2.35. The average Bonchev–Trinajstić information content (AvgIpc) is 3.14. The van der Waals surface area contributed by atoms with Gasteiger partial charge in [0.1, 0.15) is 0 Å². The Balaban J connectivity index is 1.69. The number of nitrogens with zero attached hydrogens (tertiary/aromatic N) is 3. The maximum Gasteiger partial charge on any atom is 0.416 e. The summed E-state index contributed by atoms with van der Waals surface area (Å²) >= 11 is 7.27. The molecule has 2 heterocycles. The van der Waals surface area contributed by atoms with E-state index in [9.17, 15) is 18.0 Å². The lowest BCUT2D eigenvalue weighted by atomic mass is 10.0. The van der Waals surface area contributed by atoms with E-state index in [-0.39, 0.29) is 10.7 Å². The van der Waals surface area contributed by atoms with Gasteiger partial charge in [-0.25, -0.2) is 0 Å². The minimum atomic E-state index is -4.54. The summed E-state index contributed by atoms with van der Waals surface area (Å²) in [5.74, 6) is -0.463. The highest BCUT2D eigenvalue weighted by molar-refractivity contribution is 8.00. The Bertz CT molecular complexity index is 1420. The topological polar surface area (TPSA) is 59.3 Å². The molecule has 0 aliphatic heterocycles. The smallest absolute Gasteiger partial charge is 0.324 e. The number of halogens is 4. The van der Waals surface area contributed by atoms with Gasteiger partial charge >= 0.3 is 6.18 Å². The number of benzene rings is 2. The van der Waals surface area contributed by atoms with E-state index in [0.717, 1.165) is 45.8 Å². The summed E-state index contributed by atoms with van der Waals surface area (Å²) in [4.78, 5) is 13.0. The van der Waals surface area contributed by atoms with E-state index in [1.165, 1.54) is 11.8 Å². The van der Waals surface area contributed by atoms with Gasteiger partial charge in [0.2, 0.25) is 5.91 Å². The van der Waals surface area contributed by atoms with Gasteiger partial charge in [0.05, 0.1) is 27.0 Å². The molecule has 0 saturated heterocycles. The van der Waals surface area contributed by atoms with E-state index < -0.39 is 22.9 Å². The van der Waals surface area contributed by atoms with Crippen molar-refractivity contribution in [2.24, 2.45) is 0 Å². The van der Waals surface area contributed by atoms with Gasteiger partial charge in [-0.3, -0.25) is 9.20 Å². The van der Waals surface area contributed by atoms with Crippen molar-refractivity contribution in [1.29, 1.82) is 0 Å². The number of carbonyl (C=O) groups excluding carboxylic acids is 1. The number of aromatic nitrogens is 3. The number of hydrogen-bond donors (Lipinski definition) is 1. The molecule has 34 heavy (non-hydrogen) atoms. The van der Waals surface area contributed by atoms with E-state index >= 15 is 0 Å². The number of carbonyl (C=O) groups is 1. The van der Waals surface area contributed by atoms with Gasteiger partial charge in [0, 0.05) is 5.39 Å². The zero-order chi connectivity index (χ0) is 24.8. The normalized spacial score (nSPS) is 12.9. The van der Waals surface area contributed by atoms with Crippen LogP contribution in [0.5, 0.6) is 0 Å². The van der Waals surface area contributed by atoms with Crippen LogP contribution in [0.3, 0.4) is 0 Å². The molecule has 0 saturated carbocycles. The Labute approximate surface area is 203 Å². The zero-order valence-electron chi connectivity index (χ0n) is 18.9. The average molecular weight is 507 g/mol. The lowest BCUT2D eigenvalue weighted by molar-refractivity contribution is -0.137. The molecule has 1 unspecified atom stereocenters. The van der Waals surface area contributed by atoms with Crippen molar-refractivity contribution in [3.63, 3.8) is 0 Å². The van der Waals surface area contributed by atoms with Crippen LogP contribution in [0.15, 0.2) is 41.6 Å². The predicted octanol–water partition coefficient (Wildman–Crippen LogP) is 6.99. The predicted molar refractivity (Wildman–Crippen MR) is 130 cm³/mol. The van der Waals surface area contributed by atoms with Crippen molar-refractivity contribution in [2.75, 3.05) is 5.32 Å². The van der Waals surface area contributed by atoms with Crippen LogP contribution in [-0.4, -0.2) is 25.8 Å². The van der Waals surface area contributed by atoms with E-state index in [4.69, 9.17) is 11.6 Å². The van der Waals surface area contributed by atoms with Crippen LogP contribution < -0.4 is 5.32 Å². The Morgan fingerprint density at radius 1 is 1.12 bits per heavy atom. The van der Waals surface area contributed by atoms with Gasteiger partial charge in [-0.1, -0.05) is 41.9 Å². The van der Waals surface area contributed by atoms with Crippen LogP contribution in [0.4, 0.5) is 18.9 Å². The van der Waals surface area contributed by atoms with Crippen LogP contribution in [0.25, 0.3) is 16.6 Å². The Morgan fingerprint density at radius 2 is 1.85 bits per heavy atom. The summed E-state index contributed by atoms with van der Waals surface area (Å²) in [6.07, 6.45) is -4.12. The van der Waals surface area contributed by atoms with Crippen LogP contribution in [0.2, 0.25) is 5.02 Å². The van der Waals surface area contributed by atoms with Crippen LogP contribution in [-0.2, 0) is 11.0 Å². The lowest BCUT2D eigenvalue weighted by Crippen LogP contribution is -2.25. The first-order valence-corrected chi connectivity index (χ1v) is 11.8. The summed E-state index contributed by atoms with van der Waals surface area (Å²) in [6, 6.07) is 8.97. The third-order valence-corrected chi connectivity index (χ3v) is 7.20. The second-order valence-electron chi connectivity index (χ2n) is 8.18. The lowest BCUT2D eigenvalue weighted by Gasteiger charge is -2.17. The Kier molecular flexibility index (Phi) is 6.52. The largest absolute Gasteiger partial charge is 0.416 e. The first kappa shape index (κ1) is 24.3. The van der Waals surface area contributed by atoms with E-state index in [1.54, 1.807) is 0 Å². The van der Waals surface area contributed by atoms with Gasteiger partial charge in [-0.05, 0) is 68.7 Å². The molecule has 2 aromatic heterocycles. The molecule has 4 rings (SSSR count). The molecular weight excluding hydrogens is 485 g/mol. The van der Waals surface area contributed by atoms with E-state index in [1.807, 2.05) is 38.2 Å². The van der Waals surface area contributed by atoms with Gasteiger partial charge in [0.15, 0.2) is 10.8 Å². The Hall–Kier alpha value is -2.78. The zero-order valence-corrected chi connectivity index (χ0v) is 20.5. The van der Waals surface area contributed by atoms with Crippen molar-refractivity contribution < 1.29 is 18.0 Å². The second-order valence-corrected chi connectivity index (χ2v) is 9.75. The molecule has 0 bridgehead atoms. The molecular formula is C24H22ClF3N4OS. The molecule has 1 N–H and O–H groups in total. The first-order valence-electron chi connectivity index (χ1n) is 10.6. The number of amides is 1. The van der Waals surface area contributed by atoms with Crippen LogP contribution in [0, 0.1) is 20.8 Å². The molecule has 1 atom stereocenters. The molecule has 10 heteroatoms. The highest BCUT2D eigenvalue weighted by Gasteiger charge is 2.31. The van der Waals surface area contributed by atoms with Crippen molar-refractivity contribution in [3.8, 4) is 0 Å². The van der Waals surface area contributed by atoms with E-state index in [2.05, 4.69) is 27.6 Å². The Morgan fingerprint density at radius 3 is 2.53 bits per heavy atom. The standard InChI is InChI=1S/C24H22ClF3N4OS/c1-5-19(22(33)29-18-11-15(24(26,27)28)6-7-17(18)25)34-23-31-30-20-10-13(3)16-9-12(2)8-14(4)21(16)32(20)23/h6-11,19H,5H2,1-4H3,(H,29,33).